The molecule has 0 spiro atoms. The number of carbonyl (C=O) groups excluding carboxylic acids is 2. The van der Waals surface area contributed by atoms with Gasteiger partial charge in [0.25, 0.3) is 0 Å². The van der Waals surface area contributed by atoms with E-state index in [4.69, 9.17) is 9.05 Å². The van der Waals surface area contributed by atoms with Crippen LogP contribution >= 0.6 is 12.1 Å². The lowest BCUT2D eigenvalue weighted by Gasteiger charge is -2.26. The van der Waals surface area contributed by atoms with Gasteiger partial charge in [0.15, 0.2) is 31.3 Å². The summed E-state index contributed by atoms with van der Waals surface area (Å²) in [6.07, 6.45) is 6.35. The van der Waals surface area contributed by atoms with E-state index in [1.54, 1.807) is 22.8 Å². The molecule has 0 saturated heterocycles. The van der Waals surface area contributed by atoms with E-state index in [0.717, 1.165) is 26.0 Å². The molecule has 2 amide bonds. The van der Waals surface area contributed by atoms with Gasteiger partial charge in [-0.25, -0.2) is 25.6 Å². The highest BCUT2D eigenvalue weighted by atomic mass is 32.2. The molecule has 2 aromatic heterocycles. The topological polar surface area (TPSA) is 194 Å². The second-order valence-corrected chi connectivity index (χ2v) is 20.9. The number of allylic oxidation sites excluding steroid dienone is 2. The SMILES string of the molecule is CC(C)(C)c1cc(NC(=O)C(C)(C)S(=O)(=O)C2=CC3=CNSN3C=C2)no1.CC(C)(C)c1cc(NC(=O)C(C)(C)S(=O)(=O)c2ccc(F)cc2F)no1. The quantitative estimate of drug-likeness (QED) is 0.171. The van der Waals surface area contributed by atoms with E-state index in [-0.39, 0.29) is 27.4 Å². The van der Waals surface area contributed by atoms with Gasteiger partial charge in [-0.2, -0.15) is 0 Å². The molecule has 3 aromatic rings. The lowest BCUT2D eigenvalue weighted by Crippen LogP contribution is -2.45. The molecule has 0 atom stereocenters. The number of benzene rings is 1. The van der Waals surface area contributed by atoms with Crippen LogP contribution in [0.15, 0.2) is 79.4 Å². The molecule has 3 N–H and O–H groups in total. The van der Waals surface area contributed by atoms with E-state index < -0.39 is 57.5 Å². The van der Waals surface area contributed by atoms with Crippen LogP contribution in [0.2, 0.25) is 0 Å². The zero-order valence-electron chi connectivity index (χ0n) is 30.8. The van der Waals surface area contributed by atoms with Crippen LogP contribution in [0.4, 0.5) is 20.4 Å². The number of hydrogen-bond acceptors (Lipinski definition) is 13. The maximum atomic E-state index is 13.9. The molecule has 1 aromatic carbocycles. The molecule has 0 aliphatic carbocycles. The molecular weight excluding hydrogens is 755 g/mol. The Morgan fingerprint density at radius 3 is 1.72 bits per heavy atom. The molecule has 5 rings (SSSR count). The van der Waals surface area contributed by atoms with Crippen LogP contribution in [0.1, 0.15) is 80.8 Å². The van der Waals surface area contributed by atoms with Crippen LogP contribution in [0, 0.1) is 11.6 Å². The highest BCUT2D eigenvalue weighted by Gasteiger charge is 2.46. The Balaban J connectivity index is 0.000000237. The molecule has 0 bridgehead atoms. The average Bonchev–Trinajstić information content (AvgIpc) is 3.81. The average molecular weight is 797 g/mol. The molecule has 0 fully saturated rings. The van der Waals surface area contributed by atoms with Crippen molar-refractivity contribution in [3.63, 3.8) is 0 Å². The largest absolute Gasteiger partial charge is 0.359 e. The maximum absolute atomic E-state index is 13.9. The van der Waals surface area contributed by atoms with E-state index in [0.29, 0.717) is 23.3 Å². The third kappa shape index (κ3) is 8.51. The number of fused-ring (bicyclic) bond motifs is 1. The van der Waals surface area contributed by atoms with Gasteiger partial charge in [0.2, 0.25) is 11.8 Å². The van der Waals surface area contributed by atoms with Crippen LogP contribution in [0.5, 0.6) is 0 Å². The van der Waals surface area contributed by atoms with Crippen LogP contribution in [0.3, 0.4) is 0 Å². The van der Waals surface area contributed by atoms with E-state index in [1.165, 1.54) is 44.2 Å². The Kier molecular flexibility index (Phi) is 11.2. The second kappa shape index (κ2) is 14.4. The summed E-state index contributed by atoms with van der Waals surface area (Å²) in [7, 11) is -8.38. The molecule has 4 heterocycles. The molecule has 0 saturated carbocycles. The molecule has 53 heavy (non-hydrogen) atoms. The van der Waals surface area contributed by atoms with Crippen molar-refractivity contribution >= 4 is 55.3 Å². The minimum absolute atomic E-state index is 0.0442. The lowest BCUT2D eigenvalue weighted by molar-refractivity contribution is -0.118. The van der Waals surface area contributed by atoms with Crippen molar-refractivity contribution in [1.29, 1.82) is 0 Å². The highest BCUT2D eigenvalue weighted by molar-refractivity contribution is 7.97. The molecule has 2 aliphatic rings. The van der Waals surface area contributed by atoms with Crippen LogP contribution < -0.4 is 15.4 Å². The van der Waals surface area contributed by atoms with Crippen molar-refractivity contribution in [1.82, 2.24) is 19.3 Å². The molecular formula is C34H42F2N6O8S3. The smallest absolute Gasteiger partial charge is 0.246 e. The van der Waals surface area contributed by atoms with Crippen LogP contribution in [-0.2, 0) is 40.1 Å². The highest BCUT2D eigenvalue weighted by Crippen LogP contribution is 2.35. The molecule has 288 valence electrons. The molecule has 14 nitrogen and oxygen atoms in total. The Morgan fingerprint density at radius 2 is 1.26 bits per heavy atom. The summed E-state index contributed by atoms with van der Waals surface area (Å²) >= 11 is 1.33. The van der Waals surface area contributed by atoms with Gasteiger partial charge in [-0.15, -0.1) is 0 Å². The van der Waals surface area contributed by atoms with E-state index in [1.807, 2.05) is 41.5 Å². The summed E-state index contributed by atoms with van der Waals surface area (Å²) in [5, 5.41) is 12.4. The predicted octanol–water partition coefficient (Wildman–Crippen LogP) is 6.27. The number of carbonyl (C=O) groups is 2. The van der Waals surface area contributed by atoms with Crippen LogP contribution in [0.25, 0.3) is 0 Å². The van der Waals surface area contributed by atoms with Gasteiger partial charge in [-0.05, 0) is 52.0 Å². The third-order valence-corrected chi connectivity index (χ3v) is 13.8. The number of nitrogens with one attached hydrogen (secondary N) is 3. The summed E-state index contributed by atoms with van der Waals surface area (Å²) in [4.78, 5) is 24.6. The third-order valence-electron chi connectivity index (χ3n) is 8.19. The summed E-state index contributed by atoms with van der Waals surface area (Å²) in [6.45, 7) is 16.5. The first-order chi connectivity index (χ1) is 24.2. The number of amides is 2. The standard InChI is InChI=1S/C17H20F2N2O4S.C17H22N4O4S2/c1-16(2,3)13-9-14(21-25-13)20-15(22)17(4,5)26(23,24)12-7-6-10(18)8-11(12)19;1-16(2,3)13-9-14(20-25-13)19-15(22)17(4,5)27(23,24)12-6-7-21-11(8-12)10-18-26-21/h6-9H,1-5H3,(H,20,21,22);6-10,18H,1-5H3,(H,19,20,22). The maximum Gasteiger partial charge on any atom is 0.246 e. The number of hydrogen-bond donors (Lipinski definition) is 3. The normalized spacial score (nSPS) is 15.1. The van der Waals surface area contributed by atoms with Gasteiger partial charge in [-0.1, -0.05) is 51.9 Å². The van der Waals surface area contributed by atoms with E-state index in [9.17, 15) is 35.2 Å². The number of rotatable bonds is 8. The molecule has 0 radical (unpaired) electrons. The van der Waals surface area contributed by atoms with Crippen molar-refractivity contribution in [2.24, 2.45) is 0 Å². The minimum Gasteiger partial charge on any atom is -0.359 e. The number of anilines is 2. The summed E-state index contributed by atoms with van der Waals surface area (Å²) in [5.41, 5.74) is 0.0698. The van der Waals surface area contributed by atoms with Crippen molar-refractivity contribution in [2.45, 2.75) is 94.5 Å². The first kappa shape index (κ1) is 41.3. The number of sulfone groups is 2. The molecule has 2 aliphatic heterocycles. The summed E-state index contributed by atoms with van der Waals surface area (Å²) in [5.74, 6) is -2.46. The van der Waals surface area contributed by atoms with Crippen molar-refractivity contribution in [2.75, 3.05) is 10.6 Å². The number of halogens is 2. The van der Waals surface area contributed by atoms with Crippen molar-refractivity contribution in [3.8, 4) is 0 Å². The van der Waals surface area contributed by atoms with Gasteiger partial charge >= 0.3 is 0 Å². The monoisotopic (exact) mass is 796 g/mol. The molecule has 19 heteroatoms. The first-order valence-corrected chi connectivity index (χ1v) is 19.8. The predicted molar refractivity (Wildman–Crippen MR) is 196 cm³/mol. The van der Waals surface area contributed by atoms with Gasteiger partial charge in [0, 0.05) is 41.4 Å². The lowest BCUT2D eigenvalue weighted by atomic mass is 9.93. The van der Waals surface area contributed by atoms with Gasteiger partial charge in [0.05, 0.1) is 22.7 Å². The Hall–Kier alpha value is -4.49. The van der Waals surface area contributed by atoms with E-state index >= 15 is 0 Å². The Morgan fingerprint density at radius 1 is 0.774 bits per heavy atom. The number of aromatic nitrogens is 2. The minimum atomic E-state index is -4.44. The van der Waals surface area contributed by atoms with Crippen molar-refractivity contribution in [3.05, 3.63) is 88.6 Å². The van der Waals surface area contributed by atoms with Crippen LogP contribution in [-0.4, -0.2) is 52.8 Å². The first-order valence-electron chi connectivity index (χ1n) is 16.0. The Bertz CT molecular complexity index is 2230. The number of nitrogens with zero attached hydrogens (tertiary/aromatic N) is 3. The fourth-order valence-electron chi connectivity index (χ4n) is 4.40. The zero-order chi connectivity index (χ0) is 39.9. The van der Waals surface area contributed by atoms with E-state index in [2.05, 4.69) is 25.7 Å². The van der Waals surface area contributed by atoms with Crippen molar-refractivity contribution < 1.29 is 44.3 Å². The fourth-order valence-corrected chi connectivity index (χ4v) is 7.83. The zero-order valence-corrected chi connectivity index (χ0v) is 33.2. The fraction of sp³-hybridized carbons (Fsp3) is 0.412. The summed E-state index contributed by atoms with van der Waals surface area (Å²) < 4.78 is 89.9. The van der Waals surface area contributed by atoms with Gasteiger partial charge < -0.3 is 24.4 Å². The van der Waals surface area contributed by atoms with Gasteiger partial charge in [-0.3, -0.25) is 13.9 Å². The summed E-state index contributed by atoms with van der Waals surface area (Å²) in [6, 6.07) is 5.15. The Labute approximate surface area is 311 Å². The second-order valence-electron chi connectivity index (χ2n) is 15.1. The van der Waals surface area contributed by atoms with Gasteiger partial charge in [0.1, 0.15) is 37.5 Å². The molecule has 0 unspecified atom stereocenters.